The number of ether oxygens (including phenoxy) is 1. The molecule has 0 radical (unpaired) electrons. The lowest BCUT2D eigenvalue weighted by atomic mass is 10.1. The number of nitrogens with zero attached hydrogens (tertiary/aromatic N) is 1. The fourth-order valence-electron chi connectivity index (χ4n) is 3.73. The quantitative estimate of drug-likeness (QED) is 0.339. The average molecular weight is 489 g/mol. The number of carbonyl (C=O) groups excluding carboxylic acids is 1. The number of amides is 1. The van der Waals surface area contributed by atoms with Gasteiger partial charge in [-0.2, -0.15) is 0 Å². The minimum atomic E-state index is -3.50. The van der Waals surface area contributed by atoms with Gasteiger partial charge in [0.05, 0.1) is 25.0 Å². The number of anilines is 1. The van der Waals surface area contributed by atoms with Gasteiger partial charge in [-0.3, -0.25) is 9.10 Å². The van der Waals surface area contributed by atoms with Crippen LogP contribution >= 0.6 is 0 Å². The third-order valence-corrected chi connectivity index (χ3v) is 6.78. The van der Waals surface area contributed by atoms with Crippen LogP contribution in [-0.4, -0.2) is 33.7 Å². The number of hydrogen-bond acceptors (Lipinski definition) is 4. The van der Waals surface area contributed by atoms with E-state index in [9.17, 15) is 13.2 Å². The normalized spacial score (nSPS) is 11.3. The number of sulfonamides is 1. The molecule has 4 aromatic rings. The van der Waals surface area contributed by atoms with Gasteiger partial charge in [-0.25, -0.2) is 8.42 Å². The highest BCUT2D eigenvalue weighted by atomic mass is 32.2. The molecule has 0 spiro atoms. The van der Waals surface area contributed by atoms with E-state index in [1.807, 2.05) is 73.7 Å². The van der Waals surface area contributed by atoms with Crippen molar-refractivity contribution in [3.8, 4) is 5.75 Å². The van der Waals surface area contributed by atoms with Gasteiger partial charge in [-0.1, -0.05) is 60.2 Å². The van der Waals surface area contributed by atoms with Crippen molar-refractivity contribution in [2.24, 2.45) is 0 Å². The van der Waals surface area contributed by atoms with Gasteiger partial charge >= 0.3 is 0 Å². The van der Waals surface area contributed by atoms with Gasteiger partial charge in [0.1, 0.15) is 12.4 Å². The zero-order chi connectivity index (χ0) is 24.8. The molecule has 0 saturated carbocycles. The van der Waals surface area contributed by atoms with Gasteiger partial charge in [-0.05, 0) is 59.7 Å². The molecule has 0 unspecified atom stereocenters. The van der Waals surface area contributed by atoms with Crippen LogP contribution in [0.4, 0.5) is 5.69 Å². The topological polar surface area (TPSA) is 75.7 Å². The first kappa shape index (κ1) is 24.3. The lowest BCUT2D eigenvalue weighted by Crippen LogP contribution is -2.30. The number of rotatable bonds is 9. The van der Waals surface area contributed by atoms with E-state index in [1.54, 1.807) is 24.3 Å². The Kier molecular flexibility index (Phi) is 7.36. The first-order valence-electron chi connectivity index (χ1n) is 11.3. The van der Waals surface area contributed by atoms with Crippen LogP contribution < -0.4 is 14.4 Å². The van der Waals surface area contributed by atoms with Gasteiger partial charge in [0.25, 0.3) is 5.91 Å². The summed E-state index contributed by atoms with van der Waals surface area (Å²) in [5.74, 6) is 0.500. The van der Waals surface area contributed by atoms with E-state index in [2.05, 4.69) is 5.32 Å². The summed E-state index contributed by atoms with van der Waals surface area (Å²) in [6, 6.07) is 28.2. The fraction of sp³-hybridized carbons (Fsp3) is 0.179. The molecular formula is C28H28N2O4S. The minimum Gasteiger partial charge on any atom is -0.492 e. The molecule has 0 aromatic heterocycles. The van der Waals surface area contributed by atoms with Gasteiger partial charge in [0.2, 0.25) is 10.0 Å². The summed E-state index contributed by atoms with van der Waals surface area (Å²) in [4.78, 5) is 12.5. The minimum absolute atomic E-state index is 0.219. The van der Waals surface area contributed by atoms with E-state index in [-0.39, 0.29) is 12.5 Å². The Bertz CT molecular complexity index is 1420. The summed E-state index contributed by atoms with van der Waals surface area (Å²) in [5, 5.41) is 5.07. The molecule has 0 aliphatic heterocycles. The Hall–Kier alpha value is -3.84. The monoisotopic (exact) mass is 488 g/mol. The highest BCUT2D eigenvalue weighted by Gasteiger charge is 2.18. The Morgan fingerprint density at radius 2 is 1.57 bits per heavy atom. The van der Waals surface area contributed by atoms with E-state index < -0.39 is 10.0 Å². The van der Waals surface area contributed by atoms with E-state index >= 15 is 0 Å². The van der Waals surface area contributed by atoms with E-state index in [0.29, 0.717) is 24.4 Å². The van der Waals surface area contributed by atoms with Crippen molar-refractivity contribution in [2.75, 3.05) is 23.7 Å². The number of benzene rings is 4. The summed E-state index contributed by atoms with van der Waals surface area (Å²) in [7, 11) is -3.50. The maximum absolute atomic E-state index is 12.5. The maximum atomic E-state index is 12.5. The van der Waals surface area contributed by atoms with Crippen LogP contribution in [0.5, 0.6) is 5.75 Å². The molecule has 0 heterocycles. The summed E-state index contributed by atoms with van der Waals surface area (Å²) in [5.41, 5.74) is 2.94. The SMILES string of the molecule is Cc1ccc(CN(c2ccc(C(=O)NCCOc3ccc4ccccc4c3)cc2)S(C)(=O)=O)cc1. The number of aryl methyl sites for hydroxylation is 1. The summed E-state index contributed by atoms with van der Waals surface area (Å²) >= 11 is 0. The zero-order valence-electron chi connectivity index (χ0n) is 19.8. The summed E-state index contributed by atoms with van der Waals surface area (Å²) in [6.45, 7) is 2.88. The molecule has 0 saturated heterocycles. The number of fused-ring (bicyclic) bond motifs is 1. The standard InChI is InChI=1S/C28H28N2O4S/c1-21-7-9-22(10-8-21)20-30(35(2,32)33)26-14-11-24(12-15-26)28(31)29-17-18-34-27-16-13-23-5-3-4-6-25(23)19-27/h3-16,19H,17-18,20H2,1-2H3,(H,29,31). The second-order valence-corrected chi connectivity index (χ2v) is 10.3. The average Bonchev–Trinajstić information content (AvgIpc) is 2.85. The maximum Gasteiger partial charge on any atom is 0.251 e. The van der Waals surface area contributed by atoms with Crippen molar-refractivity contribution < 1.29 is 17.9 Å². The molecule has 1 amide bonds. The summed E-state index contributed by atoms with van der Waals surface area (Å²) < 4.78 is 31.9. The molecule has 6 nitrogen and oxygen atoms in total. The molecule has 0 atom stereocenters. The van der Waals surface area contributed by atoms with E-state index in [1.165, 1.54) is 10.6 Å². The molecule has 4 rings (SSSR count). The largest absolute Gasteiger partial charge is 0.492 e. The molecule has 180 valence electrons. The molecule has 0 fully saturated rings. The van der Waals surface area contributed by atoms with Crippen molar-refractivity contribution in [2.45, 2.75) is 13.5 Å². The molecule has 7 heteroatoms. The van der Waals surface area contributed by atoms with Crippen LogP contribution in [0.15, 0.2) is 91.0 Å². The van der Waals surface area contributed by atoms with Crippen LogP contribution in [0.2, 0.25) is 0 Å². The van der Waals surface area contributed by atoms with Crippen molar-refractivity contribution in [1.82, 2.24) is 5.32 Å². The molecule has 35 heavy (non-hydrogen) atoms. The van der Waals surface area contributed by atoms with Crippen molar-refractivity contribution in [3.63, 3.8) is 0 Å². The Morgan fingerprint density at radius 1 is 0.886 bits per heavy atom. The Balaban J connectivity index is 1.34. The molecule has 0 bridgehead atoms. The lowest BCUT2D eigenvalue weighted by molar-refractivity contribution is 0.0947. The number of carbonyl (C=O) groups is 1. The molecule has 0 aliphatic rings. The predicted molar refractivity (Wildman–Crippen MR) is 140 cm³/mol. The zero-order valence-corrected chi connectivity index (χ0v) is 20.6. The fourth-order valence-corrected chi connectivity index (χ4v) is 4.62. The van der Waals surface area contributed by atoms with Crippen LogP contribution in [0.3, 0.4) is 0 Å². The Labute approximate surface area is 206 Å². The van der Waals surface area contributed by atoms with E-state index in [0.717, 1.165) is 27.6 Å². The predicted octanol–water partition coefficient (Wildman–Crippen LogP) is 4.92. The lowest BCUT2D eigenvalue weighted by Gasteiger charge is -2.23. The summed E-state index contributed by atoms with van der Waals surface area (Å²) in [6.07, 6.45) is 1.18. The van der Waals surface area contributed by atoms with Crippen molar-refractivity contribution in [1.29, 1.82) is 0 Å². The van der Waals surface area contributed by atoms with Gasteiger partial charge < -0.3 is 10.1 Å². The third kappa shape index (κ3) is 6.39. The molecular weight excluding hydrogens is 460 g/mol. The molecule has 0 aliphatic carbocycles. The second kappa shape index (κ2) is 10.6. The van der Waals surface area contributed by atoms with Crippen LogP contribution in [0.1, 0.15) is 21.5 Å². The van der Waals surface area contributed by atoms with Crippen LogP contribution in [-0.2, 0) is 16.6 Å². The van der Waals surface area contributed by atoms with Crippen LogP contribution in [0, 0.1) is 6.92 Å². The van der Waals surface area contributed by atoms with Crippen LogP contribution in [0.25, 0.3) is 10.8 Å². The first-order valence-corrected chi connectivity index (χ1v) is 13.2. The molecule has 1 N–H and O–H groups in total. The highest BCUT2D eigenvalue weighted by Crippen LogP contribution is 2.22. The highest BCUT2D eigenvalue weighted by molar-refractivity contribution is 7.92. The Morgan fingerprint density at radius 3 is 2.26 bits per heavy atom. The van der Waals surface area contributed by atoms with Crippen molar-refractivity contribution >= 4 is 32.4 Å². The van der Waals surface area contributed by atoms with Gasteiger partial charge in [0.15, 0.2) is 0 Å². The van der Waals surface area contributed by atoms with Gasteiger partial charge in [0, 0.05) is 5.56 Å². The van der Waals surface area contributed by atoms with E-state index in [4.69, 9.17) is 4.74 Å². The first-order chi connectivity index (χ1) is 16.8. The van der Waals surface area contributed by atoms with Gasteiger partial charge in [-0.15, -0.1) is 0 Å². The van der Waals surface area contributed by atoms with Crippen molar-refractivity contribution in [3.05, 3.63) is 108 Å². The number of hydrogen-bond donors (Lipinski definition) is 1. The second-order valence-electron chi connectivity index (χ2n) is 8.42. The smallest absolute Gasteiger partial charge is 0.251 e. The molecule has 4 aromatic carbocycles. The number of nitrogens with one attached hydrogen (secondary N) is 1. The third-order valence-electron chi connectivity index (χ3n) is 5.64.